The molecule has 0 atom stereocenters. The summed E-state index contributed by atoms with van der Waals surface area (Å²) in [5.74, 6) is -1.74. The lowest BCUT2D eigenvalue weighted by Crippen LogP contribution is -2.18. The number of oxime groups is 1. The highest BCUT2D eigenvalue weighted by Gasteiger charge is 2.19. The van der Waals surface area contributed by atoms with Crippen LogP contribution >= 0.6 is 0 Å². The van der Waals surface area contributed by atoms with E-state index in [0.717, 1.165) is 0 Å². The molecule has 1 heterocycles. The van der Waals surface area contributed by atoms with Crippen molar-refractivity contribution in [2.75, 3.05) is 5.32 Å². The molecule has 20 heavy (non-hydrogen) atoms. The van der Waals surface area contributed by atoms with Gasteiger partial charge in [0.1, 0.15) is 22.9 Å². The zero-order valence-electron chi connectivity index (χ0n) is 10.0. The number of amidine groups is 1. The van der Waals surface area contributed by atoms with Gasteiger partial charge in [-0.1, -0.05) is 11.2 Å². The fraction of sp³-hybridized carbons (Fsp3) is 0. The largest absolute Gasteiger partial charge is 0.507 e. The molecule has 0 aliphatic rings. The van der Waals surface area contributed by atoms with Crippen molar-refractivity contribution in [3.8, 4) is 11.5 Å². The van der Waals surface area contributed by atoms with Crippen molar-refractivity contribution in [1.29, 1.82) is 0 Å². The van der Waals surface area contributed by atoms with E-state index in [0.29, 0.717) is 0 Å². The summed E-state index contributed by atoms with van der Waals surface area (Å²) in [6.07, 6.45) is 1.25. The van der Waals surface area contributed by atoms with E-state index in [-0.39, 0.29) is 34.3 Å². The minimum Gasteiger partial charge on any atom is -0.507 e. The summed E-state index contributed by atoms with van der Waals surface area (Å²) in [4.78, 5) is 12.0. The molecule has 1 aromatic carbocycles. The number of amides is 1. The van der Waals surface area contributed by atoms with Crippen molar-refractivity contribution in [2.45, 2.75) is 0 Å². The monoisotopic (exact) mass is 277 g/mol. The first-order valence-corrected chi connectivity index (χ1v) is 5.38. The van der Waals surface area contributed by atoms with Gasteiger partial charge in [0.15, 0.2) is 5.84 Å². The molecular weight excluding hydrogens is 266 g/mol. The third kappa shape index (κ3) is 2.32. The SMILES string of the molecule is N/C(=N/O)c1cn[nH]c1NC(=O)c1c(O)cccc1O. The number of phenolic OH excluding ortho intramolecular Hbond substituents is 2. The highest BCUT2D eigenvalue weighted by molar-refractivity contribution is 6.11. The molecule has 0 saturated carbocycles. The topological polar surface area (TPSA) is 157 Å². The van der Waals surface area contributed by atoms with Crippen LogP contribution in [0.4, 0.5) is 5.82 Å². The number of rotatable bonds is 3. The Kier molecular flexibility index (Phi) is 3.42. The van der Waals surface area contributed by atoms with Crippen LogP contribution in [-0.2, 0) is 0 Å². The summed E-state index contributed by atoms with van der Waals surface area (Å²) in [6, 6.07) is 3.90. The number of nitrogens with one attached hydrogen (secondary N) is 2. The number of nitrogens with two attached hydrogens (primary N) is 1. The van der Waals surface area contributed by atoms with Crippen LogP contribution in [0.15, 0.2) is 29.6 Å². The zero-order valence-corrected chi connectivity index (χ0v) is 10.0. The molecule has 2 aromatic rings. The summed E-state index contributed by atoms with van der Waals surface area (Å²) < 4.78 is 0. The minimum atomic E-state index is -0.781. The van der Waals surface area contributed by atoms with E-state index in [9.17, 15) is 15.0 Å². The second-order valence-corrected chi connectivity index (χ2v) is 3.77. The second-order valence-electron chi connectivity index (χ2n) is 3.77. The van der Waals surface area contributed by atoms with E-state index in [1.165, 1.54) is 24.4 Å². The first kappa shape index (κ1) is 13.2. The number of hydrogen-bond donors (Lipinski definition) is 6. The first-order valence-electron chi connectivity index (χ1n) is 5.38. The maximum Gasteiger partial charge on any atom is 0.264 e. The summed E-state index contributed by atoms with van der Waals surface area (Å²) >= 11 is 0. The van der Waals surface area contributed by atoms with Gasteiger partial charge in [-0.3, -0.25) is 9.89 Å². The molecule has 0 unspecified atom stereocenters. The van der Waals surface area contributed by atoms with Gasteiger partial charge in [0, 0.05) is 0 Å². The van der Waals surface area contributed by atoms with Gasteiger partial charge in [-0.15, -0.1) is 0 Å². The Morgan fingerprint density at radius 1 is 1.35 bits per heavy atom. The van der Waals surface area contributed by atoms with E-state index in [1.54, 1.807) is 0 Å². The van der Waals surface area contributed by atoms with Crippen molar-refractivity contribution in [2.24, 2.45) is 10.9 Å². The highest BCUT2D eigenvalue weighted by atomic mass is 16.4. The predicted octanol–water partition coefficient (Wildman–Crippen LogP) is 0.168. The molecule has 1 amide bonds. The van der Waals surface area contributed by atoms with Crippen molar-refractivity contribution in [3.05, 3.63) is 35.5 Å². The van der Waals surface area contributed by atoms with Crippen LogP contribution in [0.25, 0.3) is 0 Å². The Labute approximate surface area is 112 Å². The lowest BCUT2D eigenvalue weighted by Gasteiger charge is -2.08. The average molecular weight is 277 g/mol. The molecule has 0 fully saturated rings. The summed E-state index contributed by atoms with van der Waals surface area (Å²) in [7, 11) is 0. The Hall–Kier alpha value is -3.23. The van der Waals surface area contributed by atoms with E-state index in [4.69, 9.17) is 10.9 Å². The number of phenols is 2. The van der Waals surface area contributed by atoms with Gasteiger partial charge in [-0.05, 0) is 12.1 Å². The third-order valence-electron chi connectivity index (χ3n) is 2.51. The summed E-state index contributed by atoms with van der Waals surface area (Å²) in [5.41, 5.74) is 5.27. The van der Waals surface area contributed by atoms with Crippen LogP contribution in [0.5, 0.6) is 11.5 Å². The second kappa shape index (κ2) is 5.18. The van der Waals surface area contributed by atoms with Crippen molar-refractivity contribution in [3.63, 3.8) is 0 Å². The predicted molar refractivity (Wildman–Crippen MR) is 68.8 cm³/mol. The smallest absolute Gasteiger partial charge is 0.264 e. The van der Waals surface area contributed by atoms with Crippen LogP contribution in [-0.4, -0.2) is 37.4 Å². The van der Waals surface area contributed by atoms with E-state index in [1.807, 2.05) is 0 Å². The van der Waals surface area contributed by atoms with Crippen LogP contribution < -0.4 is 11.1 Å². The van der Waals surface area contributed by atoms with Gasteiger partial charge in [0.05, 0.1) is 11.8 Å². The van der Waals surface area contributed by atoms with Gasteiger partial charge < -0.3 is 26.5 Å². The zero-order chi connectivity index (χ0) is 14.7. The molecule has 1 aromatic heterocycles. The van der Waals surface area contributed by atoms with Gasteiger partial charge >= 0.3 is 0 Å². The Balaban J connectivity index is 2.32. The van der Waals surface area contributed by atoms with Crippen molar-refractivity contribution >= 4 is 17.6 Å². The fourth-order valence-corrected chi connectivity index (χ4v) is 1.57. The molecule has 9 heteroatoms. The molecule has 0 aliphatic heterocycles. The van der Waals surface area contributed by atoms with Crippen LogP contribution in [0, 0.1) is 0 Å². The Bertz CT molecular complexity index is 659. The van der Waals surface area contributed by atoms with Crippen LogP contribution in [0.3, 0.4) is 0 Å². The van der Waals surface area contributed by atoms with E-state index >= 15 is 0 Å². The minimum absolute atomic E-state index is 0.0629. The molecule has 2 rings (SSSR count). The number of aromatic nitrogens is 2. The van der Waals surface area contributed by atoms with Crippen molar-refractivity contribution < 1.29 is 20.2 Å². The number of aromatic hydroxyl groups is 2. The number of benzene rings is 1. The van der Waals surface area contributed by atoms with Crippen LogP contribution in [0.1, 0.15) is 15.9 Å². The lowest BCUT2D eigenvalue weighted by molar-refractivity contribution is 0.102. The lowest BCUT2D eigenvalue weighted by atomic mass is 10.1. The summed E-state index contributed by atoms with van der Waals surface area (Å²) in [6.45, 7) is 0. The van der Waals surface area contributed by atoms with Gasteiger partial charge in [-0.2, -0.15) is 5.10 Å². The molecule has 0 bridgehead atoms. The van der Waals surface area contributed by atoms with Crippen LogP contribution in [0.2, 0.25) is 0 Å². The van der Waals surface area contributed by atoms with Crippen molar-refractivity contribution in [1.82, 2.24) is 10.2 Å². The normalized spacial score (nSPS) is 11.3. The van der Waals surface area contributed by atoms with Gasteiger partial charge in [0.25, 0.3) is 5.91 Å². The number of H-pyrrole nitrogens is 1. The molecule has 0 saturated heterocycles. The number of aromatic amines is 1. The van der Waals surface area contributed by atoms with Gasteiger partial charge in [0.2, 0.25) is 0 Å². The standard InChI is InChI=1S/C11H11N5O4/c12-9(16-20)5-4-13-15-10(5)14-11(19)8-6(17)2-1-3-7(8)18/h1-4,17-18,20H,(H2,12,16)(H2,13,14,15,19). The molecule has 0 aliphatic carbocycles. The fourth-order valence-electron chi connectivity index (χ4n) is 1.57. The third-order valence-corrected chi connectivity index (χ3v) is 2.51. The molecule has 0 radical (unpaired) electrons. The number of nitrogens with zero attached hydrogens (tertiary/aromatic N) is 2. The first-order chi connectivity index (χ1) is 9.54. The quantitative estimate of drug-likeness (QED) is 0.203. The molecule has 104 valence electrons. The number of anilines is 1. The van der Waals surface area contributed by atoms with Gasteiger partial charge in [-0.25, -0.2) is 0 Å². The highest BCUT2D eigenvalue weighted by Crippen LogP contribution is 2.27. The average Bonchev–Trinajstić information content (AvgIpc) is 2.85. The number of carbonyl (C=O) groups is 1. The maximum absolute atomic E-state index is 12.0. The Morgan fingerprint density at radius 2 is 2.00 bits per heavy atom. The Morgan fingerprint density at radius 3 is 2.60 bits per heavy atom. The molecule has 7 N–H and O–H groups in total. The maximum atomic E-state index is 12.0. The molecule has 0 spiro atoms. The number of carbonyl (C=O) groups excluding carboxylic acids is 1. The molecular formula is C11H11N5O4. The summed E-state index contributed by atoms with van der Waals surface area (Å²) in [5, 5.41) is 39.0. The molecule has 9 nitrogen and oxygen atoms in total. The number of hydrogen-bond acceptors (Lipinski definition) is 6. The van der Waals surface area contributed by atoms with E-state index in [2.05, 4.69) is 20.7 Å². The van der Waals surface area contributed by atoms with E-state index < -0.39 is 5.91 Å².